The third kappa shape index (κ3) is 5.32. The van der Waals surface area contributed by atoms with Crippen molar-refractivity contribution in [3.63, 3.8) is 0 Å². The minimum atomic E-state index is -1.04. The van der Waals surface area contributed by atoms with Crippen LogP contribution < -0.4 is 10.6 Å². The van der Waals surface area contributed by atoms with E-state index in [2.05, 4.69) is 10.6 Å². The molecule has 8 heteroatoms. The second-order valence-electron chi connectivity index (χ2n) is 7.71. The van der Waals surface area contributed by atoms with Crippen LogP contribution in [0.3, 0.4) is 0 Å². The Balaban J connectivity index is 1.66. The van der Waals surface area contributed by atoms with Crippen LogP contribution >= 0.6 is 11.3 Å². The van der Waals surface area contributed by atoms with Gasteiger partial charge in [-0.1, -0.05) is 25.0 Å². The fourth-order valence-electron chi connectivity index (χ4n) is 3.58. The maximum absolute atomic E-state index is 12.8. The highest BCUT2D eigenvalue weighted by molar-refractivity contribution is 7.18. The molecule has 2 aromatic rings. The number of rotatable bonds is 5. The smallest absolute Gasteiger partial charge is 0.321 e. The Morgan fingerprint density at radius 2 is 1.86 bits per heavy atom. The Morgan fingerprint density at radius 1 is 1.14 bits per heavy atom. The van der Waals surface area contributed by atoms with Crippen molar-refractivity contribution in [1.82, 2.24) is 15.6 Å². The lowest BCUT2D eigenvalue weighted by Gasteiger charge is -2.29. The van der Waals surface area contributed by atoms with Gasteiger partial charge in [-0.05, 0) is 45.7 Å². The van der Waals surface area contributed by atoms with Crippen LogP contribution in [-0.2, 0) is 14.3 Å². The molecule has 3 amide bonds. The lowest BCUT2D eigenvalue weighted by Crippen LogP contribution is -2.47. The summed E-state index contributed by atoms with van der Waals surface area (Å²) in [6, 6.07) is 7.23. The number of carbonyl (C=O) groups excluding carboxylic acids is 3. The summed E-state index contributed by atoms with van der Waals surface area (Å²) >= 11 is 1.61. The fourth-order valence-corrected chi connectivity index (χ4v) is 4.75. The monoisotopic (exact) mass is 417 g/mol. The van der Waals surface area contributed by atoms with E-state index in [1.165, 1.54) is 6.92 Å². The molecule has 0 spiro atoms. The summed E-state index contributed by atoms with van der Waals surface area (Å²) in [6.45, 7) is 5.06. The van der Waals surface area contributed by atoms with E-state index in [1.807, 2.05) is 24.3 Å². The zero-order chi connectivity index (χ0) is 21.0. The minimum absolute atomic E-state index is 0.00634. The van der Waals surface area contributed by atoms with Gasteiger partial charge in [0.25, 0.3) is 5.91 Å². The highest BCUT2D eigenvalue weighted by Gasteiger charge is 2.36. The van der Waals surface area contributed by atoms with E-state index in [1.54, 1.807) is 25.2 Å². The van der Waals surface area contributed by atoms with Crippen molar-refractivity contribution in [1.29, 1.82) is 0 Å². The number of para-hydroxylation sites is 1. The van der Waals surface area contributed by atoms with Gasteiger partial charge in [-0.25, -0.2) is 9.78 Å². The van der Waals surface area contributed by atoms with E-state index in [0.29, 0.717) is 6.42 Å². The van der Waals surface area contributed by atoms with Gasteiger partial charge < -0.3 is 10.1 Å². The number of ether oxygens (including phenoxy) is 1. The molecule has 1 aromatic carbocycles. The summed E-state index contributed by atoms with van der Waals surface area (Å²) < 4.78 is 6.53. The molecule has 0 saturated heterocycles. The molecule has 7 nitrogen and oxygen atoms in total. The van der Waals surface area contributed by atoms with Crippen molar-refractivity contribution in [2.24, 2.45) is 5.92 Å². The van der Waals surface area contributed by atoms with Crippen LogP contribution in [0.5, 0.6) is 0 Å². The van der Waals surface area contributed by atoms with Gasteiger partial charge in [-0.2, -0.15) is 0 Å². The number of urea groups is 1. The Hall–Kier alpha value is -2.48. The van der Waals surface area contributed by atoms with Gasteiger partial charge in [0.15, 0.2) is 6.10 Å². The number of aromatic nitrogens is 1. The standard InChI is InChI=1S/C21H27N3O4S/c1-12(2)22-21(27)24-18(25)13(3)28-20(26)15-9-5-4-8-14(15)19-23-16-10-6-7-11-17(16)29-19/h6-7,10-15H,4-5,8-9H2,1-3H3,(H2,22,24,25,27)/t13-,14+,15-/m1/s1. The molecule has 1 aliphatic carbocycles. The molecule has 1 aliphatic rings. The average Bonchev–Trinajstić information content (AvgIpc) is 3.11. The summed E-state index contributed by atoms with van der Waals surface area (Å²) in [4.78, 5) is 41.4. The van der Waals surface area contributed by atoms with Crippen LogP contribution in [0.2, 0.25) is 0 Å². The van der Waals surface area contributed by atoms with Crippen molar-refractivity contribution in [2.45, 2.75) is 64.5 Å². The first kappa shape index (κ1) is 21.2. The number of nitrogens with one attached hydrogen (secondary N) is 2. The van der Waals surface area contributed by atoms with Gasteiger partial charge in [0, 0.05) is 12.0 Å². The average molecular weight is 418 g/mol. The first-order chi connectivity index (χ1) is 13.8. The minimum Gasteiger partial charge on any atom is -0.452 e. The van der Waals surface area contributed by atoms with Crippen LogP contribution in [-0.4, -0.2) is 35.0 Å². The number of hydrogen-bond donors (Lipinski definition) is 2. The van der Waals surface area contributed by atoms with Crippen molar-refractivity contribution in [3.8, 4) is 0 Å². The molecule has 1 heterocycles. The molecule has 1 aromatic heterocycles. The van der Waals surface area contributed by atoms with Gasteiger partial charge >= 0.3 is 12.0 Å². The van der Waals surface area contributed by atoms with Crippen molar-refractivity contribution in [3.05, 3.63) is 29.3 Å². The van der Waals surface area contributed by atoms with E-state index in [-0.39, 0.29) is 17.9 Å². The topological polar surface area (TPSA) is 97.4 Å². The van der Waals surface area contributed by atoms with Crippen LogP contribution in [0.1, 0.15) is 57.4 Å². The summed E-state index contributed by atoms with van der Waals surface area (Å²) in [5.41, 5.74) is 0.939. The Bertz CT molecular complexity index is 862. The number of amides is 3. The number of carbonyl (C=O) groups is 3. The Kier molecular flexibility index (Phi) is 6.84. The Morgan fingerprint density at radius 3 is 2.59 bits per heavy atom. The SMILES string of the molecule is CC(C)NC(=O)NC(=O)[C@@H](C)OC(=O)[C@@H]1CCCC[C@@H]1c1nc2ccccc2s1. The molecule has 3 rings (SSSR count). The van der Waals surface area contributed by atoms with Gasteiger partial charge in [0.2, 0.25) is 0 Å². The zero-order valence-corrected chi connectivity index (χ0v) is 17.8. The van der Waals surface area contributed by atoms with Crippen LogP contribution in [0.15, 0.2) is 24.3 Å². The van der Waals surface area contributed by atoms with E-state index in [0.717, 1.165) is 34.5 Å². The summed E-state index contributed by atoms with van der Waals surface area (Å²) in [5.74, 6) is -1.37. The molecule has 1 saturated carbocycles. The third-order valence-corrected chi connectivity index (χ3v) is 6.18. The largest absolute Gasteiger partial charge is 0.452 e. The lowest BCUT2D eigenvalue weighted by atomic mass is 9.79. The molecular formula is C21H27N3O4S. The number of fused-ring (bicyclic) bond motifs is 1. The number of imide groups is 1. The number of nitrogens with zero attached hydrogens (tertiary/aromatic N) is 1. The Labute approximate surface area is 174 Å². The summed E-state index contributed by atoms with van der Waals surface area (Å²) in [5, 5.41) is 5.72. The normalized spacial score (nSPS) is 20.3. The molecule has 0 unspecified atom stereocenters. The van der Waals surface area contributed by atoms with Crippen molar-refractivity contribution >= 4 is 39.5 Å². The number of benzene rings is 1. The van der Waals surface area contributed by atoms with Crippen LogP contribution in [0.4, 0.5) is 4.79 Å². The van der Waals surface area contributed by atoms with E-state index < -0.39 is 24.0 Å². The molecular weight excluding hydrogens is 390 g/mol. The van der Waals surface area contributed by atoms with Crippen molar-refractivity contribution < 1.29 is 19.1 Å². The zero-order valence-electron chi connectivity index (χ0n) is 16.9. The molecule has 0 radical (unpaired) electrons. The highest BCUT2D eigenvalue weighted by atomic mass is 32.1. The van der Waals surface area contributed by atoms with Gasteiger partial charge in [-0.15, -0.1) is 11.3 Å². The van der Waals surface area contributed by atoms with Gasteiger partial charge in [0.05, 0.1) is 21.1 Å². The summed E-state index contributed by atoms with van der Waals surface area (Å²) in [7, 11) is 0. The number of esters is 1. The quantitative estimate of drug-likeness (QED) is 0.723. The highest BCUT2D eigenvalue weighted by Crippen LogP contribution is 2.41. The van der Waals surface area contributed by atoms with E-state index >= 15 is 0 Å². The molecule has 156 valence electrons. The van der Waals surface area contributed by atoms with Crippen LogP contribution in [0.25, 0.3) is 10.2 Å². The third-order valence-electron chi connectivity index (χ3n) is 5.01. The van der Waals surface area contributed by atoms with Crippen LogP contribution in [0, 0.1) is 5.92 Å². The van der Waals surface area contributed by atoms with E-state index in [9.17, 15) is 14.4 Å². The predicted molar refractivity (Wildman–Crippen MR) is 112 cm³/mol. The number of hydrogen-bond acceptors (Lipinski definition) is 6. The van der Waals surface area contributed by atoms with Gasteiger partial charge in [-0.3, -0.25) is 14.9 Å². The molecule has 2 N–H and O–H groups in total. The summed E-state index contributed by atoms with van der Waals surface area (Å²) in [6.07, 6.45) is 2.52. The maximum Gasteiger partial charge on any atom is 0.321 e. The molecule has 3 atom stereocenters. The molecule has 1 fully saturated rings. The van der Waals surface area contributed by atoms with Gasteiger partial charge in [0.1, 0.15) is 0 Å². The second-order valence-corrected chi connectivity index (χ2v) is 8.78. The molecule has 29 heavy (non-hydrogen) atoms. The first-order valence-electron chi connectivity index (χ1n) is 10.0. The second kappa shape index (κ2) is 9.35. The number of thiazole rings is 1. The molecule has 0 aliphatic heterocycles. The molecule has 0 bridgehead atoms. The van der Waals surface area contributed by atoms with E-state index in [4.69, 9.17) is 9.72 Å². The van der Waals surface area contributed by atoms with Crippen molar-refractivity contribution in [2.75, 3.05) is 0 Å². The first-order valence-corrected chi connectivity index (χ1v) is 10.8. The predicted octanol–water partition coefficient (Wildman–Crippen LogP) is 3.74. The fraction of sp³-hybridized carbons (Fsp3) is 0.524. The maximum atomic E-state index is 12.8. The lowest BCUT2D eigenvalue weighted by molar-refractivity contribution is -0.160.